The Bertz CT molecular complexity index is 888. The van der Waals surface area contributed by atoms with Crippen molar-refractivity contribution in [1.29, 1.82) is 0 Å². The molecule has 2 aromatic carbocycles. The molecule has 2 atom stereocenters. The largest absolute Gasteiger partial charge is 0.497 e. The van der Waals surface area contributed by atoms with Gasteiger partial charge < -0.3 is 19.7 Å². The first-order chi connectivity index (χ1) is 15.9. The molecule has 180 valence electrons. The van der Waals surface area contributed by atoms with Crippen molar-refractivity contribution in [2.24, 2.45) is 0 Å². The monoisotopic (exact) mass is 472 g/mol. The fourth-order valence-electron chi connectivity index (χ4n) is 3.39. The Kier molecular flexibility index (Phi) is 11.1. The summed E-state index contributed by atoms with van der Waals surface area (Å²) in [7, 11) is 3.26. The van der Waals surface area contributed by atoms with Gasteiger partial charge in [0, 0.05) is 18.3 Å². The van der Waals surface area contributed by atoms with E-state index in [1.54, 1.807) is 30.9 Å². The maximum absolute atomic E-state index is 13.3. The summed E-state index contributed by atoms with van der Waals surface area (Å²) in [6.07, 6.45) is 1.38. The first kappa shape index (κ1) is 26.6. The van der Waals surface area contributed by atoms with Crippen molar-refractivity contribution in [3.05, 3.63) is 59.7 Å². The molecule has 1 N–H and O–H groups in total. The molecule has 6 nitrogen and oxygen atoms in total. The van der Waals surface area contributed by atoms with E-state index in [2.05, 4.69) is 5.32 Å². The fraction of sp³-hybridized carbons (Fsp3) is 0.462. The number of carbonyl (C=O) groups excluding carboxylic acids is 2. The van der Waals surface area contributed by atoms with E-state index in [1.165, 1.54) is 0 Å². The average Bonchev–Trinajstić information content (AvgIpc) is 2.84. The van der Waals surface area contributed by atoms with Crippen LogP contribution in [0.15, 0.2) is 48.5 Å². The van der Waals surface area contributed by atoms with Gasteiger partial charge in [0.1, 0.15) is 17.5 Å². The molecule has 0 spiro atoms. The zero-order valence-electron chi connectivity index (χ0n) is 20.3. The van der Waals surface area contributed by atoms with Crippen molar-refractivity contribution < 1.29 is 19.1 Å². The van der Waals surface area contributed by atoms with Gasteiger partial charge in [-0.1, -0.05) is 38.1 Å². The third-order valence-electron chi connectivity index (χ3n) is 5.53. The molecule has 0 saturated heterocycles. The maximum Gasteiger partial charge on any atom is 0.243 e. The second-order valence-electron chi connectivity index (χ2n) is 7.96. The average molecular weight is 473 g/mol. The second-order valence-corrected chi connectivity index (χ2v) is 8.94. The number of carbonyl (C=O) groups is 2. The zero-order valence-corrected chi connectivity index (χ0v) is 21.1. The van der Waals surface area contributed by atoms with E-state index < -0.39 is 6.04 Å². The topological polar surface area (TPSA) is 67.9 Å². The van der Waals surface area contributed by atoms with Crippen LogP contribution in [-0.2, 0) is 21.9 Å². The second kappa shape index (κ2) is 13.8. The van der Waals surface area contributed by atoms with E-state index in [4.69, 9.17) is 9.47 Å². The van der Waals surface area contributed by atoms with Crippen molar-refractivity contribution in [2.75, 3.05) is 20.0 Å². The van der Waals surface area contributed by atoms with Crippen LogP contribution in [0, 0.1) is 0 Å². The summed E-state index contributed by atoms with van der Waals surface area (Å²) in [5.41, 5.74) is 2.05. The summed E-state index contributed by atoms with van der Waals surface area (Å²) in [5.74, 6) is 2.38. The van der Waals surface area contributed by atoms with Gasteiger partial charge >= 0.3 is 0 Å². The number of hydrogen-bond acceptors (Lipinski definition) is 5. The summed E-state index contributed by atoms with van der Waals surface area (Å²) in [6.45, 7) is 6.30. The minimum Gasteiger partial charge on any atom is -0.497 e. The highest BCUT2D eigenvalue weighted by Gasteiger charge is 2.29. The quantitative estimate of drug-likeness (QED) is 0.459. The lowest BCUT2D eigenvalue weighted by Crippen LogP contribution is -2.51. The Hall–Kier alpha value is -2.67. The normalized spacial score (nSPS) is 12.5. The van der Waals surface area contributed by atoms with Gasteiger partial charge in [-0.2, -0.15) is 0 Å². The summed E-state index contributed by atoms with van der Waals surface area (Å²) >= 11 is 1.54. The molecule has 2 rings (SSSR count). The third-order valence-corrected chi connectivity index (χ3v) is 6.52. The molecule has 0 saturated carbocycles. The molecule has 0 heterocycles. The molecule has 0 fully saturated rings. The number of nitrogens with one attached hydrogen (secondary N) is 1. The summed E-state index contributed by atoms with van der Waals surface area (Å²) < 4.78 is 10.5. The number of nitrogens with zero attached hydrogens (tertiary/aromatic N) is 1. The van der Waals surface area contributed by atoms with Crippen LogP contribution < -0.4 is 14.8 Å². The van der Waals surface area contributed by atoms with E-state index >= 15 is 0 Å². The molecule has 2 aromatic rings. The Morgan fingerprint density at radius 1 is 0.970 bits per heavy atom. The lowest BCUT2D eigenvalue weighted by molar-refractivity contribution is -0.139. The van der Waals surface area contributed by atoms with Crippen LogP contribution in [0.25, 0.3) is 0 Å². The summed E-state index contributed by atoms with van der Waals surface area (Å²) in [6, 6.07) is 15.0. The molecule has 33 heavy (non-hydrogen) atoms. The molecular formula is C26H36N2O4S. The van der Waals surface area contributed by atoms with Gasteiger partial charge in [-0.25, -0.2) is 0 Å². The van der Waals surface area contributed by atoms with Gasteiger partial charge in [0.15, 0.2) is 0 Å². The van der Waals surface area contributed by atoms with Crippen molar-refractivity contribution in [3.8, 4) is 11.5 Å². The molecule has 2 amide bonds. The molecular weight excluding hydrogens is 436 g/mol. The minimum atomic E-state index is -0.528. The van der Waals surface area contributed by atoms with E-state index in [0.29, 0.717) is 24.5 Å². The summed E-state index contributed by atoms with van der Waals surface area (Å²) in [4.78, 5) is 28.0. The predicted molar refractivity (Wildman–Crippen MR) is 135 cm³/mol. The van der Waals surface area contributed by atoms with E-state index in [-0.39, 0.29) is 17.9 Å². The molecule has 0 aliphatic heterocycles. The highest BCUT2D eigenvalue weighted by Crippen LogP contribution is 2.21. The standard InChI is InChI=1S/C26H36N2O4S/c1-6-19(3)27-26(30)24(7-2)28(16-21-9-8-10-23(15-21)32-5)25(29)18-33-17-20-11-13-22(31-4)14-12-20/h8-15,19,24H,6-7,16-18H2,1-5H3,(H,27,30). The van der Waals surface area contributed by atoms with Crippen LogP contribution >= 0.6 is 11.8 Å². The Labute approximate surface area is 202 Å². The Morgan fingerprint density at radius 2 is 1.67 bits per heavy atom. The van der Waals surface area contributed by atoms with Gasteiger partial charge in [-0.3, -0.25) is 9.59 Å². The van der Waals surface area contributed by atoms with Crippen molar-refractivity contribution in [2.45, 2.75) is 58.0 Å². The molecule has 0 radical (unpaired) electrons. The van der Waals surface area contributed by atoms with E-state index in [1.807, 2.05) is 69.3 Å². The maximum atomic E-state index is 13.3. The lowest BCUT2D eigenvalue weighted by Gasteiger charge is -2.31. The summed E-state index contributed by atoms with van der Waals surface area (Å²) in [5, 5.41) is 3.04. The molecule has 0 aromatic heterocycles. The fourth-order valence-corrected chi connectivity index (χ4v) is 4.26. The van der Waals surface area contributed by atoms with E-state index in [9.17, 15) is 9.59 Å². The van der Waals surface area contributed by atoms with Crippen molar-refractivity contribution in [1.82, 2.24) is 10.2 Å². The molecule has 0 bridgehead atoms. The van der Waals surface area contributed by atoms with Gasteiger partial charge in [-0.15, -0.1) is 11.8 Å². The van der Waals surface area contributed by atoms with E-state index in [0.717, 1.165) is 29.0 Å². The number of methoxy groups -OCH3 is 2. The SMILES string of the molecule is CCC(C)NC(=O)C(CC)N(Cc1cccc(OC)c1)C(=O)CSCc1ccc(OC)cc1. The molecule has 2 unspecified atom stereocenters. The zero-order chi connectivity index (χ0) is 24.2. The van der Waals surface area contributed by atoms with Crippen LogP contribution in [0.4, 0.5) is 0 Å². The highest BCUT2D eigenvalue weighted by atomic mass is 32.2. The van der Waals surface area contributed by atoms with Crippen LogP contribution in [0.3, 0.4) is 0 Å². The molecule has 7 heteroatoms. The number of thioether (sulfide) groups is 1. The third kappa shape index (κ3) is 8.31. The highest BCUT2D eigenvalue weighted by molar-refractivity contribution is 7.99. The number of hydrogen-bond donors (Lipinski definition) is 1. The number of ether oxygens (including phenoxy) is 2. The van der Waals surface area contributed by atoms with Gasteiger partial charge in [-0.05, 0) is 55.2 Å². The van der Waals surface area contributed by atoms with Crippen LogP contribution in [-0.4, -0.2) is 48.8 Å². The van der Waals surface area contributed by atoms with Crippen molar-refractivity contribution in [3.63, 3.8) is 0 Å². The molecule has 0 aliphatic carbocycles. The van der Waals surface area contributed by atoms with Crippen molar-refractivity contribution >= 4 is 23.6 Å². The van der Waals surface area contributed by atoms with Crippen LogP contribution in [0.5, 0.6) is 11.5 Å². The lowest BCUT2D eigenvalue weighted by atomic mass is 10.1. The van der Waals surface area contributed by atoms with Gasteiger partial charge in [0.05, 0.1) is 20.0 Å². The molecule has 0 aliphatic rings. The number of benzene rings is 2. The first-order valence-electron chi connectivity index (χ1n) is 11.3. The minimum absolute atomic E-state index is 0.0533. The van der Waals surface area contributed by atoms with Gasteiger partial charge in [0.2, 0.25) is 11.8 Å². The first-order valence-corrected chi connectivity index (χ1v) is 12.5. The number of rotatable bonds is 13. The predicted octanol–water partition coefficient (Wildman–Crippen LogP) is 4.66. The number of amides is 2. The Balaban J connectivity index is 2.14. The van der Waals surface area contributed by atoms with Crippen LogP contribution in [0.2, 0.25) is 0 Å². The Morgan fingerprint density at radius 3 is 2.27 bits per heavy atom. The van der Waals surface area contributed by atoms with Crippen LogP contribution in [0.1, 0.15) is 44.7 Å². The van der Waals surface area contributed by atoms with Gasteiger partial charge in [0.25, 0.3) is 0 Å². The smallest absolute Gasteiger partial charge is 0.243 e.